The van der Waals surface area contributed by atoms with E-state index in [-0.39, 0.29) is 31.0 Å². The smallest absolute Gasteiger partial charge is 0.306 e. The molecular weight excluding hydrogens is 360 g/mol. The molecule has 3 aromatic carbocycles. The van der Waals surface area contributed by atoms with E-state index in [1.165, 1.54) is 12.1 Å². The number of nitrogens with one attached hydrogen (secondary N) is 1. The number of carbonyl (C=O) groups excluding carboxylic acids is 2. The van der Waals surface area contributed by atoms with Gasteiger partial charge in [-0.15, -0.1) is 0 Å². The van der Waals surface area contributed by atoms with Gasteiger partial charge >= 0.3 is 5.97 Å². The number of rotatable bonds is 7. The number of nitro groups is 1. The Labute approximate surface area is 161 Å². The highest BCUT2D eigenvalue weighted by atomic mass is 16.6. The van der Waals surface area contributed by atoms with Gasteiger partial charge in [-0.05, 0) is 17.5 Å². The molecule has 0 aromatic heterocycles. The number of fused-ring (bicyclic) bond motifs is 1. The zero-order valence-electron chi connectivity index (χ0n) is 15.0. The lowest BCUT2D eigenvalue weighted by molar-refractivity contribution is -0.385. The highest BCUT2D eigenvalue weighted by Gasteiger charge is 2.15. The van der Waals surface area contributed by atoms with Gasteiger partial charge in [-0.1, -0.05) is 48.5 Å². The Kier molecular flexibility index (Phi) is 5.96. The number of ether oxygens (including phenoxy) is 1. The van der Waals surface area contributed by atoms with Crippen LogP contribution in [0, 0.1) is 10.1 Å². The Bertz CT molecular complexity index is 1030. The van der Waals surface area contributed by atoms with E-state index in [9.17, 15) is 19.7 Å². The van der Waals surface area contributed by atoms with Gasteiger partial charge in [0.25, 0.3) is 5.69 Å². The van der Waals surface area contributed by atoms with Crippen LogP contribution in [0.2, 0.25) is 0 Å². The first-order chi connectivity index (χ1) is 13.5. The molecule has 3 rings (SSSR count). The molecule has 142 valence electrons. The minimum atomic E-state index is -0.591. The van der Waals surface area contributed by atoms with Gasteiger partial charge in [-0.3, -0.25) is 19.7 Å². The third-order valence-corrected chi connectivity index (χ3v) is 4.20. The average Bonchev–Trinajstić information content (AvgIpc) is 2.71. The molecule has 0 aliphatic carbocycles. The average molecular weight is 378 g/mol. The quantitative estimate of drug-likeness (QED) is 0.377. The van der Waals surface area contributed by atoms with Crippen molar-refractivity contribution in [1.29, 1.82) is 0 Å². The van der Waals surface area contributed by atoms with Gasteiger partial charge in [0.1, 0.15) is 6.61 Å². The molecule has 3 aromatic rings. The molecule has 1 N–H and O–H groups in total. The molecule has 7 heteroatoms. The first kappa shape index (κ1) is 19.0. The third kappa shape index (κ3) is 4.70. The molecular formula is C21H18N2O5. The van der Waals surface area contributed by atoms with E-state index in [0.29, 0.717) is 11.3 Å². The number of amides is 1. The summed E-state index contributed by atoms with van der Waals surface area (Å²) < 4.78 is 5.07. The fourth-order valence-corrected chi connectivity index (χ4v) is 2.80. The van der Waals surface area contributed by atoms with Gasteiger partial charge in [0.15, 0.2) is 0 Å². The summed E-state index contributed by atoms with van der Waals surface area (Å²) in [4.78, 5) is 34.5. The van der Waals surface area contributed by atoms with Gasteiger partial charge in [0.2, 0.25) is 5.91 Å². The standard InChI is InChI=1S/C21H18N2O5/c24-20(22-18-10-5-8-15-6-1-3-9-17(15)18)12-13-21(25)28-14-16-7-2-4-11-19(16)23(26)27/h1-11H,12-14H2,(H,22,24). The van der Waals surface area contributed by atoms with Crippen LogP contribution in [0.15, 0.2) is 66.7 Å². The molecule has 7 nitrogen and oxygen atoms in total. The summed E-state index contributed by atoms with van der Waals surface area (Å²) in [7, 11) is 0. The van der Waals surface area contributed by atoms with Crippen LogP contribution in [0.3, 0.4) is 0 Å². The second-order valence-corrected chi connectivity index (χ2v) is 6.12. The fourth-order valence-electron chi connectivity index (χ4n) is 2.80. The number of nitrogens with zero attached hydrogens (tertiary/aromatic N) is 1. The molecule has 0 saturated carbocycles. The molecule has 0 aliphatic rings. The molecule has 0 unspecified atom stereocenters. The van der Waals surface area contributed by atoms with E-state index >= 15 is 0 Å². The minimum absolute atomic E-state index is 0.0427. The van der Waals surface area contributed by atoms with Crippen LogP contribution in [0.5, 0.6) is 0 Å². The molecule has 0 heterocycles. The van der Waals surface area contributed by atoms with Crippen molar-refractivity contribution in [3.63, 3.8) is 0 Å². The van der Waals surface area contributed by atoms with Crippen molar-refractivity contribution >= 4 is 34.0 Å². The maximum atomic E-state index is 12.2. The molecule has 28 heavy (non-hydrogen) atoms. The van der Waals surface area contributed by atoms with Crippen molar-refractivity contribution < 1.29 is 19.2 Å². The van der Waals surface area contributed by atoms with Crippen LogP contribution in [-0.4, -0.2) is 16.8 Å². The number of nitro benzene ring substituents is 1. The lowest BCUT2D eigenvalue weighted by Crippen LogP contribution is -2.15. The molecule has 0 aliphatic heterocycles. The second kappa shape index (κ2) is 8.77. The SMILES string of the molecule is O=C(CCC(=O)OCc1ccccc1[N+](=O)[O-])Nc1cccc2ccccc12. The van der Waals surface area contributed by atoms with Gasteiger partial charge < -0.3 is 10.1 Å². The number of para-hydroxylation sites is 1. The molecule has 0 saturated heterocycles. The Hall–Kier alpha value is -3.74. The van der Waals surface area contributed by atoms with Gasteiger partial charge in [0.05, 0.1) is 16.9 Å². The fraction of sp³-hybridized carbons (Fsp3) is 0.143. The van der Waals surface area contributed by atoms with Crippen LogP contribution in [0.1, 0.15) is 18.4 Å². The number of anilines is 1. The van der Waals surface area contributed by atoms with E-state index in [1.54, 1.807) is 18.2 Å². The largest absolute Gasteiger partial charge is 0.461 e. The summed E-state index contributed by atoms with van der Waals surface area (Å²) in [5.74, 6) is -0.898. The number of benzene rings is 3. The van der Waals surface area contributed by atoms with Crippen molar-refractivity contribution in [2.75, 3.05) is 5.32 Å². The van der Waals surface area contributed by atoms with Gasteiger partial charge in [-0.2, -0.15) is 0 Å². The van der Waals surface area contributed by atoms with Gasteiger partial charge in [0, 0.05) is 23.6 Å². The Balaban J connectivity index is 1.52. The first-order valence-corrected chi connectivity index (χ1v) is 8.70. The molecule has 0 atom stereocenters. The number of hydrogen-bond acceptors (Lipinski definition) is 5. The first-order valence-electron chi connectivity index (χ1n) is 8.70. The lowest BCUT2D eigenvalue weighted by atomic mass is 10.1. The topological polar surface area (TPSA) is 98.5 Å². The van der Waals surface area contributed by atoms with Crippen molar-refractivity contribution in [2.45, 2.75) is 19.4 Å². The molecule has 0 fully saturated rings. The number of carbonyl (C=O) groups is 2. The third-order valence-electron chi connectivity index (χ3n) is 4.20. The Morgan fingerprint density at radius 1 is 0.929 bits per heavy atom. The number of esters is 1. The van der Waals surface area contributed by atoms with Crippen LogP contribution in [-0.2, 0) is 20.9 Å². The van der Waals surface area contributed by atoms with Gasteiger partial charge in [-0.25, -0.2) is 0 Å². The zero-order chi connectivity index (χ0) is 19.9. The highest BCUT2D eigenvalue weighted by Crippen LogP contribution is 2.23. The Morgan fingerprint density at radius 2 is 1.64 bits per heavy atom. The summed E-state index contributed by atoms with van der Waals surface area (Å²) in [6.07, 6.45) is -0.157. The highest BCUT2D eigenvalue weighted by molar-refractivity contribution is 6.02. The van der Waals surface area contributed by atoms with Crippen LogP contribution >= 0.6 is 0 Å². The monoisotopic (exact) mass is 378 g/mol. The summed E-state index contributed by atoms with van der Waals surface area (Å²) in [5, 5.41) is 15.7. The van der Waals surface area contributed by atoms with Crippen molar-refractivity contribution in [2.24, 2.45) is 0 Å². The minimum Gasteiger partial charge on any atom is -0.461 e. The van der Waals surface area contributed by atoms with Crippen molar-refractivity contribution in [3.05, 3.63) is 82.4 Å². The molecule has 1 amide bonds. The summed E-state index contributed by atoms with van der Waals surface area (Å²) in [6, 6.07) is 19.3. The molecule has 0 radical (unpaired) electrons. The second-order valence-electron chi connectivity index (χ2n) is 6.12. The van der Waals surface area contributed by atoms with Crippen LogP contribution in [0.4, 0.5) is 11.4 Å². The summed E-state index contributed by atoms with van der Waals surface area (Å²) in [5.41, 5.74) is 0.876. The van der Waals surface area contributed by atoms with E-state index < -0.39 is 10.9 Å². The lowest BCUT2D eigenvalue weighted by Gasteiger charge is -2.09. The predicted molar refractivity (Wildman–Crippen MR) is 105 cm³/mol. The van der Waals surface area contributed by atoms with Crippen molar-refractivity contribution in [3.8, 4) is 0 Å². The number of hydrogen-bond donors (Lipinski definition) is 1. The molecule has 0 spiro atoms. The van der Waals surface area contributed by atoms with Crippen LogP contribution < -0.4 is 5.32 Å². The van der Waals surface area contributed by atoms with E-state index in [1.807, 2.05) is 36.4 Å². The predicted octanol–water partition coefficient (Wildman–Crippen LogP) is 4.21. The summed E-state index contributed by atoms with van der Waals surface area (Å²) in [6.45, 7) is -0.207. The van der Waals surface area contributed by atoms with E-state index in [2.05, 4.69) is 5.32 Å². The van der Waals surface area contributed by atoms with Crippen molar-refractivity contribution in [1.82, 2.24) is 0 Å². The van der Waals surface area contributed by atoms with E-state index in [4.69, 9.17) is 4.74 Å². The maximum Gasteiger partial charge on any atom is 0.306 e. The molecule has 0 bridgehead atoms. The normalized spacial score (nSPS) is 10.4. The van der Waals surface area contributed by atoms with Crippen LogP contribution in [0.25, 0.3) is 10.8 Å². The Morgan fingerprint density at radius 3 is 2.46 bits per heavy atom. The maximum absolute atomic E-state index is 12.2. The zero-order valence-corrected chi connectivity index (χ0v) is 15.0. The summed E-state index contributed by atoms with van der Waals surface area (Å²) >= 11 is 0. The van der Waals surface area contributed by atoms with E-state index in [0.717, 1.165) is 10.8 Å².